The van der Waals surface area contributed by atoms with Crippen LogP contribution < -0.4 is 10.1 Å². The van der Waals surface area contributed by atoms with Gasteiger partial charge in [-0.3, -0.25) is 0 Å². The van der Waals surface area contributed by atoms with Gasteiger partial charge in [-0.1, -0.05) is 0 Å². The molecule has 1 heterocycles. The average molecular weight is 265 g/mol. The largest absolute Gasteiger partial charge is 0.492 e. The van der Waals surface area contributed by atoms with Crippen LogP contribution in [0.4, 0.5) is 14.6 Å². The van der Waals surface area contributed by atoms with Gasteiger partial charge in [0.2, 0.25) is 0 Å². The molecular weight excluding hydrogens is 252 g/mol. The van der Waals surface area contributed by atoms with Gasteiger partial charge < -0.3 is 10.1 Å². The molecule has 1 aromatic heterocycles. The van der Waals surface area contributed by atoms with Crippen LogP contribution in [0.3, 0.4) is 0 Å². The lowest BCUT2D eigenvalue weighted by molar-refractivity contribution is 0.332. The third-order valence-electron chi connectivity index (χ3n) is 2.44. The van der Waals surface area contributed by atoms with Crippen molar-refractivity contribution in [1.29, 1.82) is 0 Å². The SMILES string of the molecule is Cc1ncnc(NCCOc2ccc(F)cc2)c1F. The Bertz CT molecular complexity index is 546. The first kappa shape index (κ1) is 13.2. The van der Waals surface area contributed by atoms with E-state index in [1.54, 1.807) is 6.92 Å². The monoisotopic (exact) mass is 265 g/mol. The van der Waals surface area contributed by atoms with E-state index in [9.17, 15) is 8.78 Å². The van der Waals surface area contributed by atoms with Crippen LogP contribution in [-0.4, -0.2) is 23.1 Å². The van der Waals surface area contributed by atoms with E-state index in [1.165, 1.54) is 30.6 Å². The van der Waals surface area contributed by atoms with Crippen molar-refractivity contribution in [2.75, 3.05) is 18.5 Å². The minimum Gasteiger partial charge on any atom is -0.492 e. The van der Waals surface area contributed by atoms with E-state index in [-0.39, 0.29) is 17.3 Å². The van der Waals surface area contributed by atoms with Crippen molar-refractivity contribution in [2.24, 2.45) is 0 Å². The van der Waals surface area contributed by atoms with Gasteiger partial charge in [-0.2, -0.15) is 0 Å². The van der Waals surface area contributed by atoms with Crippen LogP contribution in [0.25, 0.3) is 0 Å². The fourth-order valence-corrected chi connectivity index (χ4v) is 1.45. The van der Waals surface area contributed by atoms with Crippen LogP contribution >= 0.6 is 0 Å². The van der Waals surface area contributed by atoms with E-state index >= 15 is 0 Å². The first-order chi connectivity index (χ1) is 9.16. The Morgan fingerprint density at radius 3 is 2.63 bits per heavy atom. The van der Waals surface area contributed by atoms with Gasteiger partial charge in [-0.15, -0.1) is 0 Å². The van der Waals surface area contributed by atoms with Gasteiger partial charge in [-0.25, -0.2) is 18.7 Å². The Labute approximate surface area is 109 Å². The molecule has 4 nitrogen and oxygen atoms in total. The van der Waals surface area contributed by atoms with Gasteiger partial charge in [0.05, 0.1) is 12.2 Å². The predicted octanol–water partition coefficient (Wildman–Crippen LogP) is 2.55. The lowest BCUT2D eigenvalue weighted by atomic mass is 10.3. The molecule has 19 heavy (non-hydrogen) atoms. The van der Waals surface area contributed by atoms with Crippen LogP contribution in [0.15, 0.2) is 30.6 Å². The van der Waals surface area contributed by atoms with Crippen LogP contribution in [0.2, 0.25) is 0 Å². The summed E-state index contributed by atoms with van der Waals surface area (Å²) in [6, 6.07) is 5.70. The molecule has 0 saturated heterocycles. The molecule has 0 unspecified atom stereocenters. The Morgan fingerprint density at radius 1 is 1.16 bits per heavy atom. The number of benzene rings is 1. The van der Waals surface area contributed by atoms with E-state index in [0.717, 1.165) is 0 Å². The van der Waals surface area contributed by atoms with Crippen molar-refractivity contribution in [2.45, 2.75) is 6.92 Å². The molecule has 6 heteroatoms. The number of rotatable bonds is 5. The number of hydrogen-bond donors (Lipinski definition) is 1. The molecule has 1 N–H and O–H groups in total. The van der Waals surface area contributed by atoms with Gasteiger partial charge in [0.15, 0.2) is 11.6 Å². The highest BCUT2D eigenvalue weighted by molar-refractivity contribution is 5.36. The molecule has 0 spiro atoms. The summed E-state index contributed by atoms with van der Waals surface area (Å²) in [6.45, 7) is 2.26. The second-order valence-electron chi connectivity index (χ2n) is 3.85. The van der Waals surface area contributed by atoms with Gasteiger partial charge in [0.1, 0.15) is 24.5 Å². The van der Waals surface area contributed by atoms with Crippen molar-refractivity contribution >= 4 is 5.82 Å². The summed E-state index contributed by atoms with van der Waals surface area (Å²) in [5.74, 6) is -0.0777. The fourth-order valence-electron chi connectivity index (χ4n) is 1.45. The number of ether oxygens (including phenoxy) is 1. The highest BCUT2D eigenvalue weighted by atomic mass is 19.1. The molecule has 0 aliphatic carbocycles. The summed E-state index contributed by atoms with van der Waals surface area (Å²) in [6.07, 6.45) is 1.29. The van der Waals surface area contributed by atoms with E-state index in [4.69, 9.17) is 4.74 Å². The van der Waals surface area contributed by atoms with Gasteiger partial charge in [-0.05, 0) is 31.2 Å². The molecule has 0 radical (unpaired) electrons. The third-order valence-corrected chi connectivity index (χ3v) is 2.44. The molecule has 0 atom stereocenters. The highest BCUT2D eigenvalue weighted by Crippen LogP contribution is 2.12. The number of nitrogens with zero attached hydrogens (tertiary/aromatic N) is 2. The minimum atomic E-state index is -0.468. The Balaban J connectivity index is 1.81. The van der Waals surface area contributed by atoms with Crippen molar-refractivity contribution in [3.8, 4) is 5.75 Å². The molecule has 0 bridgehead atoms. The zero-order chi connectivity index (χ0) is 13.7. The molecule has 100 valence electrons. The zero-order valence-corrected chi connectivity index (χ0v) is 10.4. The van der Waals surface area contributed by atoms with Crippen LogP contribution in [-0.2, 0) is 0 Å². The topological polar surface area (TPSA) is 47.0 Å². The molecule has 0 amide bonds. The van der Waals surface area contributed by atoms with Gasteiger partial charge >= 0.3 is 0 Å². The normalized spacial score (nSPS) is 10.3. The number of aromatic nitrogens is 2. The maximum atomic E-state index is 13.5. The second-order valence-corrected chi connectivity index (χ2v) is 3.85. The number of halogens is 2. The average Bonchev–Trinajstić information content (AvgIpc) is 2.41. The highest BCUT2D eigenvalue weighted by Gasteiger charge is 2.06. The number of anilines is 1. The first-order valence-corrected chi connectivity index (χ1v) is 5.76. The van der Waals surface area contributed by atoms with E-state index in [1.807, 2.05) is 0 Å². The minimum absolute atomic E-state index is 0.148. The molecule has 0 fully saturated rings. The Hall–Kier alpha value is -2.24. The summed E-state index contributed by atoms with van der Waals surface area (Å²) >= 11 is 0. The summed E-state index contributed by atoms with van der Waals surface area (Å²) in [4.78, 5) is 7.52. The lowest BCUT2D eigenvalue weighted by Gasteiger charge is -2.09. The van der Waals surface area contributed by atoms with E-state index in [2.05, 4.69) is 15.3 Å². The molecule has 0 saturated carbocycles. The summed E-state index contributed by atoms with van der Waals surface area (Å²) in [5, 5.41) is 2.81. The summed E-state index contributed by atoms with van der Waals surface area (Å²) in [7, 11) is 0. The van der Waals surface area contributed by atoms with Crippen molar-refractivity contribution in [3.05, 3.63) is 47.9 Å². The third kappa shape index (κ3) is 3.61. The molecular formula is C13H13F2N3O. The first-order valence-electron chi connectivity index (χ1n) is 5.76. The molecule has 0 aliphatic rings. The molecule has 2 aromatic rings. The fraction of sp³-hybridized carbons (Fsp3) is 0.231. The number of aryl methyl sites for hydroxylation is 1. The van der Waals surface area contributed by atoms with Crippen LogP contribution in [0, 0.1) is 18.6 Å². The molecule has 2 rings (SSSR count). The van der Waals surface area contributed by atoms with Crippen molar-refractivity contribution in [1.82, 2.24) is 9.97 Å². The van der Waals surface area contributed by atoms with Crippen molar-refractivity contribution < 1.29 is 13.5 Å². The number of nitrogens with one attached hydrogen (secondary N) is 1. The van der Waals surface area contributed by atoms with Crippen molar-refractivity contribution in [3.63, 3.8) is 0 Å². The smallest absolute Gasteiger partial charge is 0.186 e. The Morgan fingerprint density at radius 2 is 1.89 bits per heavy atom. The quantitative estimate of drug-likeness (QED) is 0.844. The maximum absolute atomic E-state index is 13.5. The van der Waals surface area contributed by atoms with E-state index in [0.29, 0.717) is 18.9 Å². The lowest BCUT2D eigenvalue weighted by Crippen LogP contribution is -2.14. The summed E-state index contributed by atoms with van der Waals surface area (Å²) < 4.78 is 31.5. The molecule has 1 aromatic carbocycles. The zero-order valence-electron chi connectivity index (χ0n) is 10.4. The number of hydrogen-bond acceptors (Lipinski definition) is 4. The Kier molecular flexibility index (Phi) is 4.22. The molecule has 0 aliphatic heterocycles. The van der Waals surface area contributed by atoms with Crippen LogP contribution in [0.1, 0.15) is 5.69 Å². The second kappa shape index (κ2) is 6.08. The van der Waals surface area contributed by atoms with Crippen LogP contribution in [0.5, 0.6) is 5.75 Å². The maximum Gasteiger partial charge on any atom is 0.186 e. The van der Waals surface area contributed by atoms with Gasteiger partial charge in [0.25, 0.3) is 0 Å². The summed E-state index contributed by atoms with van der Waals surface area (Å²) in [5.41, 5.74) is 0.289. The van der Waals surface area contributed by atoms with E-state index < -0.39 is 5.82 Å². The predicted molar refractivity (Wildman–Crippen MR) is 67.1 cm³/mol. The van der Waals surface area contributed by atoms with Gasteiger partial charge in [0, 0.05) is 0 Å². The standard InChI is InChI=1S/C13H13F2N3O/c1-9-12(15)13(18-8-17-9)16-6-7-19-11-4-2-10(14)3-5-11/h2-5,8H,6-7H2,1H3,(H,16,17,18).